The molecule has 0 bridgehead atoms. The zero-order valence-corrected chi connectivity index (χ0v) is 12.9. The number of alkyl halides is 3. The molecule has 0 atom stereocenters. The maximum absolute atomic E-state index is 12.5. The largest absolute Gasteiger partial charge is 0.417 e. The van der Waals surface area contributed by atoms with E-state index in [0.717, 1.165) is 6.07 Å². The third-order valence-corrected chi connectivity index (χ3v) is 2.87. The molecular formula is C13H17ClF3N3O. The number of nitrogens with zero attached hydrogens (tertiary/aromatic N) is 1. The number of aromatic nitrogens is 1. The molecule has 8 heteroatoms. The maximum Gasteiger partial charge on any atom is 0.417 e. The number of amides is 1. The van der Waals surface area contributed by atoms with E-state index in [1.807, 2.05) is 0 Å². The van der Waals surface area contributed by atoms with Crippen LogP contribution in [0.3, 0.4) is 0 Å². The molecule has 0 aliphatic heterocycles. The van der Waals surface area contributed by atoms with E-state index in [9.17, 15) is 18.0 Å². The van der Waals surface area contributed by atoms with E-state index >= 15 is 0 Å². The number of carbonyl (C=O) groups excluding carboxylic acids is 1. The lowest BCUT2D eigenvalue weighted by Crippen LogP contribution is -2.50. The molecule has 0 aliphatic carbocycles. The fraction of sp³-hybridized carbons (Fsp3) is 0.538. The van der Waals surface area contributed by atoms with E-state index < -0.39 is 17.3 Å². The van der Waals surface area contributed by atoms with Crippen LogP contribution in [0, 0.1) is 0 Å². The highest BCUT2D eigenvalue weighted by Crippen LogP contribution is 2.33. The van der Waals surface area contributed by atoms with Crippen LogP contribution in [0.2, 0.25) is 5.02 Å². The van der Waals surface area contributed by atoms with Crippen LogP contribution in [0.25, 0.3) is 0 Å². The molecular weight excluding hydrogens is 307 g/mol. The Morgan fingerprint density at radius 3 is 2.33 bits per heavy atom. The highest BCUT2D eigenvalue weighted by Gasteiger charge is 2.33. The molecule has 1 aromatic rings. The van der Waals surface area contributed by atoms with Gasteiger partial charge in [-0.05, 0) is 33.8 Å². The third kappa shape index (κ3) is 4.77. The number of pyridine rings is 1. The molecule has 1 heterocycles. The predicted molar refractivity (Wildman–Crippen MR) is 75.2 cm³/mol. The first-order chi connectivity index (χ1) is 9.43. The Labute approximate surface area is 126 Å². The van der Waals surface area contributed by atoms with Crippen molar-refractivity contribution in [2.24, 2.45) is 0 Å². The van der Waals surface area contributed by atoms with Gasteiger partial charge in [0, 0.05) is 12.2 Å². The van der Waals surface area contributed by atoms with Crippen LogP contribution in [0.5, 0.6) is 0 Å². The fourth-order valence-corrected chi connectivity index (χ4v) is 1.69. The number of anilines is 1. The standard InChI is InChI=1S/C13H17ClF3N3O/c1-7(2)19-11(21)12(3,4)20-10-9(14)5-8(6-18-10)13(15,16)17/h5-7H,1-4H3,(H,18,20)(H,19,21). The van der Waals surface area contributed by atoms with E-state index in [0.29, 0.717) is 6.20 Å². The SMILES string of the molecule is CC(C)NC(=O)C(C)(C)Nc1ncc(C(F)(F)F)cc1Cl. The molecule has 0 aromatic carbocycles. The first kappa shape index (κ1) is 17.6. The topological polar surface area (TPSA) is 54.0 Å². The Morgan fingerprint density at radius 2 is 1.90 bits per heavy atom. The highest BCUT2D eigenvalue weighted by molar-refractivity contribution is 6.33. The molecule has 0 unspecified atom stereocenters. The predicted octanol–water partition coefficient (Wildman–Crippen LogP) is 3.47. The van der Waals surface area contributed by atoms with Crippen LogP contribution < -0.4 is 10.6 Å². The van der Waals surface area contributed by atoms with Crippen LogP contribution >= 0.6 is 11.6 Å². The molecule has 118 valence electrons. The smallest absolute Gasteiger partial charge is 0.355 e. The summed E-state index contributed by atoms with van der Waals surface area (Å²) >= 11 is 5.80. The van der Waals surface area contributed by atoms with Crippen LogP contribution in [0.4, 0.5) is 19.0 Å². The normalized spacial score (nSPS) is 12.4. The van der Waals surface area contributed by atoms with Gasteiger partial charge in [0.1, 0.15) is 11.4 Å². The minimum Gasteiger partial charge on any atom is -0.355 e. The third-order valence-electron chi connectivity index (χ3n) is 2.59. The zero-order chi connectivity index (χ0) is 16.4. The summed E-state index contributed by atoms with van der Waals surface area (Å²) in [5, 5.41) is 5.26. The lowest BCUT2D eigenvalue weighted by Gasteiger charge is -2.27. The molecule has 0 radical (unpaired) electrons. The molecule has 1 aromatic heterocycles. The molecule has 0 aliphatic rings. The second-order valence-electron chi connectivity index (χ2n) is 5.43. The number of hydrogen-bond donors (Lipinski definition) is 2. The summed E-state index contributed by atoms with van der Waals surface area (Å²) in [6, 6.07) is 0.711. The van der Waals surface area contributed by atoms with E-state index in [1.54, 1.807) is 27.7 Å². The molecule has 1 rings (SSSR count). The first-order valence-electron chi connectivity index (χ1n) is 6.25. The quantitative estimate of drug-likeness (QED) is 0.892. The molecule has 4 nitrogen and oxygen atoms in total. The maximum atomic E-state index is 12.5. The summed E-state index contributed by atoms with van der Waals surface area (Å²) in [6.45, 7) is 6.77. The van der Waals surface area contributed by atoms with E-state index in [-0.39, 0.29) is 22.8 Å². The van der Waals surface area contributed by atoms with Crippen LogP contribution in [-0.4, -0.2) is 22.5 Å². The number of hydrogen-bond acceptors (Lipinski definition) is 3. The Morgan fingerprint density at radius 1 is 1.33 bits per heavy atom. The van der Waals surface area contributed by atoms with Crippen LogP contribution in [0.1, 0.15) is 33.3 Å². The van der Waals surface area contributed by atoms with Crippen molar-refractivity contribution in [1.82, 2.24) is 10.3 Å². The van der Waals surface area contributed by atoms with Crippen molar-refractivity contribution in [3.63, 3.8) is 0 Å². The highest BCUT2D eigenvalue weighted by atomic mass is 35.5. The van der Waals surface area contributed by atoms with E-state index in [1.165, 1.54) is 0 Å². The monoisotopic (exact) mass is 323 g/mol. The van der Waals surface area contributed by atoms with Crippen molar-refractivity contribution < 1.29 is 18.0 Å². The summed E-state index contributed by atoms with van der Waals surface area (Å²) in [5.74, 6) is -0.288. The second-order valence-corrected chi connectivity index (χ2v) is 5.84. The van der Waals surface area contributed by atoms with Crippen LogP contribution in [-0.2, 0) is 11.0 Å². The number of carbonyl (C=O) groups is 1. The Bertz CT molecular complexity index is 530. The average Bonchev–Trinajstić information content (AvgIpc) is 2.29. The summed E-state index contributed by atoms with van der Waals surface area (Å²) in [6.07, 6.45) is -3.84. The zero-order valence-electron chi connectivity index (χ0n) is 12.1. The Balaban J connectivity index is 2.95. The van der Waals surface area contributed by atoms with Gasteiger partial charge in [-0.1, -0.05) is 11.6 Å². The Hall–Kier alpha value is -1.50. The lowest BCUT2D eigenvalue weighted by molar-refractivity contribution is -0.137. The van der Waals surface area contributed by atoms with Crippen molar-refractivity contribution in [3.8, 4) is 0 Å². The molecule has 0 saturated carbocycles. The van der Waals surface area contributed by atoms with Gasteiger partial charge in [0.15, 0.2) is 0 Å². The number of halogens is 4. The van der Waals surface area contributed by atoms with Crippen molar-refractivity contribution in [3.05, 3.63) is 22.8 Å². The van der Waals surface area contributed by atoms with Crippen molar-refractivity contribution in [2.75, 3.05) is 5.32 Å². The van der Waals surface area contributed by atoms with Gasteiger partial charge in [0.05, 0.1) is 10.6 Å². The lowest BCUT2D eigenvalue weighted by atomic mass is 10.0. The van der Waals surface area contributed by atoms with Crippen molar-refractivity contribution in [1.29, 1.82) is 0 Å². The summed E-state index contributed by atoms with van der Waals surface area (Å²) in [7, 11) is 0. The van der Waals surface area contributed by atoms with Gasteiger partial charge in [-0.25, -0.2) is 4.98 Å². The van der Waals surface area contributed by atoms with E-state index in [4.69, 9.17) is 11.6 Å². The molecule has 0 fully saturated rings. The summed E-state index contributed by atoms with van der Waals surface area (Å²) in [5.41, 5.74) is -2.01. The van der Waals surface area contributed by atoms with Gasteiger partial charge in [-0.2, -0.15) is 13.2 Å². The minimum absolute atomic E-state index is 0.0218. The van der Waals surface area contributed by atoms with Gasteiger partial charge >= 0.3 is 6.18 Å². The first-order valence-corrected chi connectivity index (χ1v) is 6.63. The minimum atomic E-state index is -4.51. The molecule has 1 amide bonds. The molecule has 21 heavy (non-hydrogen) atoms. The Kier molecular flexibility index (Phi) is 5.09. The van der Waals surface area contributed by atoms with Gasteiger partial charge in [-0.3, -0.25) is 4.79 Å². The molecule has 0 spiro atoms. The number of nitrogens with one attached hydrogen (secondary N) is 2. The number of rotatable bonds is 4. The van der Waals surface area contributed by atoms with Gasteiger partial charge in [-0.15, -0.1) is 0 Å². The van der Waals surface area contributed by atoms with Gasteiger partial charge < -0.3 is 10.6 Å². The summed E-state index contributed by atoms with van der Waals surface area (Å²) < 4.78 is 37.6. The van der Waals surface area contributed by atoms with E-state index in [2.05, 4.69) is 15.6 Å². The van der Waals surface area contributed by atoms with Gasteiger partial charge in [0.2, 0.25) is 5.91 Å². The summed E-state index contributed by atoms with van der Waals surface area (Å²) in [4.78, 5) is 15.6. The fourth-order valence-electron chi connectivity index (χ4n) is 1.48. The average molecular weight is 324 g/mol. The second kappa shape index (κ2) is 6.09. The molecule has 0 saturated heterocycles. The molecule has 2 N–H and O–H groups in total. The van der Waals surface area contributed by atoms with Crippen molar-refractivity contribution >= 4 is 23.3 Å². The van der Waals surface area contributed by atoms with Crippen molar-refractivity contribution in [2.45, 2.75) is 45.5 Å². The van der Waals surface area contributed by atoms with Gasteiger partial charge in [0.25, 0.3) is 0 Å². The van der Waals surface area contributed by atoms with Crippen LogP contribution in [0.15, 0.2) is 12.3 Å².